The molecule has 2 rings (SSSR count). The molecule has 1 N–H and O–H groups in total. The van der Waals surface area contributed by atoms with E-state index in [2.05, 4.69) is 5.32 Å². The number of nitrogens with one attached hydrogen (secondary N) is 1. The summed E-state index contributed by atoms with van der Waals surface area (Å²) in [6, 6.07) is 13.9. The van der Waals surface area contributed by atoms with Crippen molar-refractivity contribution >= 4 is 11.6 Å². The number of rotatable bonds is 6. The third kappa shape index (κ3) is 4.62. The summed E-state index contributed by atoms with van der Waals surface area (Å²) in [4.78, 5) is 12.0. The van der Waals surface area contributed by atoms with Crippen molar-refractivity contribution in [1.82, 2.24) is 0 Å². The Morgan fingerprint density at radius 2 is 1.73 bits per heavy atom. The van der Waals surface area contributed by atoms with Crippen LogP contribution in [0.3, 0.4) is 0 Å². The van der Waals surface area contributed by atoms with Gasteiger partial charge in [-0.15, -0.1) is 0 Å². The van der Waals surface area contributed by atoms with E-state index in [4.69, 9.17) is 4.74 Å². The molecule has 0 spiro atoms. The van der Waals surface area contributed by atoms with Crippen LogP contribution < -0.4 is 10.1 Å². The molecule has 0 aliphatic heterocycles. The average molecular weight is 297 g/mol. The monoisotopic (exact) mass is 297 g/mol. The van der Waals surface area contributed by atoms with Crippen LogP contribution in [-0.4, -0.2) is 12.5 Å². The Balaban J connectivity index is 1.76. The quantitative estimate of drug-likeness (QED) is 0.802. The van der Waals surface area contributed by atoms with Crippen molar-refractivity contribution < 1.29 is 9.53 Å². The molecule has 0 aliphatic rings. The fraction of sp³-hybridized carbons (Fsp3) is 0.316. The third-order valence-corrected chi connectivity index (χ3v) is 3.55. The van der Waals surface area contributed by atoms with Crippen molar-refractivity contribution in [2.24, 2.45) is 0 Å². The molecule has 3 nitrogen and oxygen atoms in total. The molecular weight excluding hydrogens is 274 g/mol. The van der Waals surface area contributed by atoms with Crippen LogP contribution in [0.5, 0.6) is 5.75 Å². The summed E-state index contributed by atoms with van der Waals surface area (Å²) in [5.41, 5.74) is 4.27. The van der Waals surface area contributed by atoms with Gasteiger partial charge >= 0.3 is 0 Å². The van der Waals surface area contributed by atoms with Crippen LogP contribution in [0.2, 0.25) is 0 Å². The molecule has 0 unspecified atom stereocenters. The summed E-state index contributed by atoms with van der Waals surface area (Å²) >= 11 is 0. The zero-order valence-corrected chi connectivity index (χ0v) is 13.5. The molecule has 2 aromatic rings. The van der Waals surface area contributed by atoms with E-state index in [9.17, 15) is 4.79 Å². The van der Waals surface area contributed by atoms with E-state index in [0.717, 1.165) is 22.6 Å². The predicted octanol–water partition coefficient (Wildman–Crippen LogP) is 4.41. The number of hydrogen-bond donors (Lipinski definition) is 1. The highest BCUT2D eigenvalue weighted by atomic mass is 16.5. The average Bonchev–Trinajstić information content (AvgIpc) is 2.48. The molecular formula is C19H23NO2. The molecule has 0 aliphatic carbocycles. The molecule has 0 radical (unpaired) electrons. The fourth-order valence-corrected chi connectivity index (χ4v) is 2.34. The summed E-state index contributed by atoms with van der Waals surface area (Å²) < 4.78 is 5.65. The molecule has 1 amide bonds. The highest BCUT2D eigenvalue weighted by Crippen LogP contribution is 2.19. The minimum absolute atomic E-state index is 0.0326. The van der Waals surface area contributed by atoms with Gasteiger partial charge in [0.05, 0.1) is 6.61 Å². The maximum atomic E-state index is 12.0. The Kier molecular flexibility index (Phi) is 5.59. The molecule has 116 valence electrons. The summed E-state index contributed by atoms with van der Waals surface area (Å²) in [6.07, 6.45) is 1.16. The number of aryl methyl sites for hydroxylation is 3. The van der Waals surface area contributed by atoms with E-state index in [1.165, 1.54) is 5.56 Å². The van der Waals surface area contributed by atoms with Crippen LogP contribution in [0.1, 0.15) is 29.5 Å². The van der Waals surface area contributed by atoms with Gasteiger partial charge in [0.25, 0.3) is 0 Å². The Morgan fingerprint density at radius 1 is 1.05 bits per heavy atom. The summed E-state index contributed by atoms with van der Waals surface area (Å²) in [7, 11) is 0. The predicted molar refractivity (Wildman–Crippen MR) is 90.5 cm³/mol. The van der Waals surface area contributed by atoms with Crippen LogP contribution in [0, 0.1) is 20.8 Å². The van der Waals surface area contributed by atoms with Crippen LogP contribution >= 0.6 is 0 Å². The van der Waals surface area contributed by atoms with Crippen LogP contribution in [-0.2, 0) is 4.79 Å². The molecule has 22 heavy (non-hydrogen) atoms. The van der Waals surface area contributed by atoms with Gasteiger partial charge in [0.2, 0.25) is 5.91 Å². The second-order valence-corrected chi connectivity index (χ2v) is 5.58. The second kappa shape index (κ2) is 7.64. The number of benzene rings is 2. The Bertz CT molecular complexity index is 629. The highest BCUT2D eigenvalue weighted by Gasteiger charge is 2.07. The number of hydrogen-bond acceptors (Lipinski definition) is 2. The number of carbonyl (C=O) groups excluding carboxylic acids is 1. The van der Waals surface area contributed by atoms with Gasteiger partial charge in [0, 0.05) is 12.1 Å². The molecule has 2 aromatic carbocycles. The van der Waals surface area contributed by atoms with E-state index >= 15 is 0 Å². The third-order valence-electron chi connectivity index (χ3n) is 3.55. The number of anilines is 1. The molecule has 0 saturated carbocycles. The van der Waals surface area contributed by atoms with E-state index in [1.54, 1.807) is 0 Å². The molecule has 0 heterocycles. The first kappa shape index (κ1) is 16.1. The van der Waals surface area contributed by atoms with Gasteiger partial charge in [-0.2, -0.15) is 0 Å². The van der Waals surface area contributed by atoms with Crippen molar-refractivity contribution in [2.45, 2.75) is 33.6 Å². The smallest absolute Gasteiger partial charge is 0.224 e. The first-order valence-corrected chi connectivity index (χ1v) is 7.62. The topological polar surface area (TPSA) is 38.3 Å². The highest BCUT2D eigenvalue weighted by molar-refractivity contribution is 5.92. The maximum Gasteiger partial charge on any atom is 0.224 e. The lowest BCUT2D eigenvalue weighted by Gasteiger charge is -2.11. The van der Waals surface area contributed by atoms with Crippen LogP contribution in [0.25, 0.3) is 0 Å². The standard InChI is InChI=1S/C19H23NO2/c1-14-7-4-10-17(13-14)22-12-6-11-18(21)20-19-15(2)8-5-9-16(19)3/h4-5,7-10,13H,6,11-12H2,1-3H3,(H,20,21). The van der Waals surface area contributed by atoms with Gasteiger partial charge in [-0.1, -0.05) is 30.3 Å². The zero-order chi connectivity index (χ0) is 15.9. The van der Waals surface area contributed by atoms with Crippen molar-refractivity contribution in [3.05, 3.63) is 59.2 Å². The lowest BCUT2D eigenvalue weighted by atomic mass is 10.1. The fourth-order valence-electron chi connectivity index (χ4n) is 2.34. The minimum atomic E-state index is 0.0326. The van der Waals surface area contributed by atoms with Gasteiger partial charge in [0.1, 0.15) is 5.75 Å². The maximum absolute atomic E-state index is 12.0. The minimum Gasteiger partial charge on any atom is -0.494 e. The van der Waals surface area contributed by atoms with E-state index in [1.807, 2.05) is 63.2 Å². The van der Waals surface area contributed by atoms with Crippen molar-refractivity contribution in [3.8, 4) is 5.75 Å². The van der Waals surface area contributed by atoms with Crippen molar-refractivity contribution in [2.75, 3.05) is 11.9 Å². The van der Waals surface area contributed by atoms with Crippen molar-refractivity contribution in [1.29, 1.82) is 0 Å². The zero-order valence-electron chi connectivity index (χ0n) is 13.5. The Hall–Kier alpha value is -2.29. The molecule has 0 saturated heterocycles. The number of ether oxygens (including phenoxy) is 1. The summed E-state index contributed by atoms with van der Waals surface area (Å²) in [5.74, 6) is 0.889. The van der Waals surface area contributed by atoms with E-state index in [-0.39, 0.29) is 5.91 Å². The summed E-state index contributed by atoms with van der Waals surface area (Å²) in [5, 5.41) is 2.99. The molecule has 0 bridgehead atoms. The summed E-state index contributed by atoms with van der Waals surface area (Å²) in [6.45, 7) is 6.58. The Labute approximate surface area is 132 Å². The normalized spacial score (nSPS) is 10.3. The molecule has 0 aromatic heterocycles. The van der Waals surface area contributed by atoms with Crippen molar-refractivity contribution in [3.63, 3.8) is 0 Å². The van der Waals surface area contributed by atoms with Gasteiger partial charge < -0.3 is 10.1 Å². The van der Waals surface area contributed by atoms with Crippen LogP contribution in [0.4, 0.5) is 5.69 Å². The SMILES string of the molecule is Cc1cccc(OCCCC(=O)Nc2c(C)cccc2C)c1. The molecule has 0 fully saturated rings. The van der Waals surface area contributed by atoms with Gasteiger partial charge in [-0.25, -0.2) is 0 Å². The molecule has 3 heteroatoms. The second-order valence-electron chi connectivity index (χ2n) is 5.58. The first-order valence-electron chi connectivity index (χ1n) is 7.62. The van der Waals surface area contributed by atoms with E-state index in [0.29, 0.717) is 19.4 Å². The van der Waals surface area contributed by atoms with E-state index < -0.39 is 0 Å². The number of para-hydroxylation sites is 1. The Morgan fingerprint density at radius 3 is 2.41 bits per heavy atom. The first-order chi connectivity index (χ1) is 10.6. The lowest BCUT2D eigenvalue weighted by molar-refractivity contribution is -0.116. The number of carbonyl (C=O) groups is 1. The van der Waals surface area contributed by atoms with Gasteiger partial charge in [-0.3, -0.25) is 4.79 Å². The van der Waals surface area contributed by atoms with Gasteiger partial charge in [0.15, 0.2) is 0 Å². The number of amides is 1. The largest absolute Gasteiger partial charge is 0.494 e. The van der Waals surface area contributed by atoms with Crippen LogP contribution in [0.15, 0.2) is 42.5 Å². The van der Waals surface area contributed by atoms with Gasteiger partial charge in [-0.05, 0) is 56.0 Å². The lowest BCUT2D eigenvalue weighted by Crippen LogP contribution is -2.14. The molecule has 0 atom stereocenters.